The minimum absolute atomic E-state index is 0.0614. The fourth-order valence-corrected chi connectivity index (χ4v) is 3.97. The Hall–Kier alpha value is -2.95. The number of carbonyl (C=O) groups is 1. The monoisotopic (exact) mass is 435 g/mol. The van der Waals surface area contributed by atoms with Gasteiger partial charge in [-0.1, -0.05) is 33.1 Å². The molecule has 2 unspecified atom stereocenters. The molecule has 0 radical (unpaired) electrons. The minimum Gasteiger partial charge on any atom is -0.494 e. The Morgan fingerprint density at radius 3 is 2.50 bits per heavy atom. The van der Waals surface area contributed by atoms with E-state index in [1.807, 2.05) is 48.5 Å². The highest BCUT2D eigenvalue weighted by atomic mass is 16.5. The van der Waals surface area contributed by atoms with E-state index >= 15 is 0 Å². The summed E-state index contributed by atoms with van der Waals surface area (Å²) in [6.07, 6.45) is 7.49. The Kier molecular flexibility index (Phi) is 7.35. The van der Waals surface area contributed by atoms with Gasteiger partial charge in [0.2, 0.25) is 0 Å². The van der Waals surface area contributed by atoms with Gasteiger partial charge in [0.1, 0.15) is 23.0 Å². The predicted octanol–water partition coefficient (Wildman–Crippen LogP) is 6.80. The van der Waals surface area contributed by atoms with Crippen molar-refractivity contribution in [3.63, 3.8) is 0 Å². The van der Waals surface area contributed by atoms with Crippen molar-refractivity contribution in [2.75, 3.05) is 6.61 Å². The summed E-state index contributed by atoms with van der Waals surface area (Å²) in [7, 11) is 0. The summed E-state index contributed by atoms with van der Waals surface area (Å²) in [5.41, 5.74) is 0.623. The molecule has 1 amide bonds. The molecule has 170 valence electrons. The topological polar surface area (TPSA) is 55.8 Å². The maximum Gasteiger partial charge on any atom is 0.254 e. The lowest BCUT2D eigenvalue weighted by Gasteiger charge is -2.21. The second-order valence-corrected chi connectivity index (χ2v) is 8.80. The van der Waals surface area contributed by atoms with Crippen LogP contribution < -0.4 is 4.74 Å². The van der Waals surface area contributed by atoms with E-state index in [1.165, 1.54) is 25.7 Å². The molecule has 32 heavy (non-hydrogen) atoms. The molecule has 4 rings (SSSR count). The molecule has 0 aliphatic heterocycles. The number of hydrogen-bond acceptors (Lipinski definition) is 4. The fraction of sp³-hybridized carbons (Fsp3) is 0.444. The molecule has 0 bridgehead atoms. The van der Waals surface area contributed by atoms with Crippen molar-refractivity contribution in [1.82, 2.24) is 4.90 Å². The van der Waals surface area contributed by atoms with Crippen molar-refractivity contribution >= 4 is 5.91 Å². The first-order chi connectivity index (χ1) is 15.6. The van der Waals surface area contributed by atoms with Gasteiger partial charge in [0.15, 0.2) is 0 Å². The largest absolute Gasteiger partial charge is 0.494 e. The van der Waals surface area contributed by atoms with Crippen molar-refractivity contribution in [3.8, 4) is 5.75 Å². The molecule has 1 saturated carbocycles. The minimum atomic E-state index is -0.0614. The van der Waals surface area contributed by atoms with E-state index in [0.29, 0.717) is 37.1 Å². The fourth-order valence-electron chi connectivity index (χ4n) is 3.97. The van der Waals surface area contributed by atoms with Gasteiger partial charge in [-0.25, -0.2) is 0 Å². The number of benzene rings is 1. The van der Waals surface area contributed by atoms with Crippen LogP contribution in [0.25, 0.3) is 0 Å². The third kappa shape index (κ3) is 5.84. The lowest BCUT2D eigenvalue weighted by atomic mass is 10.1. The molecule has 1 fully saturated rings. The Balaban J connectivity index is 1.41. The van der Waals surface area contributed by atoms with Gasteiger partial charge in [-0.05, 0) is 67.3 Å². The highest BCUT2D eigenvalue weighted by Gasteiger charge is 2.36. The molecule has 1 aliphatic carbocycles. The molecule has 1 aromatic carbocycles. The number of furan rings is 2. The van der Waals surface area contributed by atoms with E-state index in [9.17, 15) is 4.79 Å². The van der Waals surface area contributed by atoms with E-state index < -0.39 is 0 Å². The van der Waals surface area contributed by atoms with Crippen molar-refractivity contribution < 1.29 is 18.4 Å². The quantitative estimate of drug-likeness (QED) is 0.294. The first-order valence-electron chi connectivity index (χ1n) is 11.8. The zero-order valence-electron chi connectivity index (χ0n) is 19.1. The first kappa shape index (κ1) is 22.3. The van der Waals surface area contributed by atoms with Gasteiger partial charge in [-0.3, -0.25) is 4.79 Å². The summed E-state index contributed by atoms with van der Waals surface area (Å²) in [5.74, 6) is 4.51. The number of amides is 1. The molecule has 1 aliphatic rings. The summed E-state index contributed by atoms with van der Waals surface area (Å²) in [4.78, 5) is 15.1. The molecule has 0 N–H and O–H groups in total. The Labute approximate surface area is 190 Å². The predicted molar refractivity (Wildman–Crippen MR) is 124 cm³/mol. The average Bonchev–Trinajstić information content (AvgIpc) is 3.18. The highest BCUT2D eigenvalue weighted by Crippen LogP contribution is 2.47. The van der Waals surface area contributed by atoms with Gasteiger partial charge in [-0.15, -0.1) is 0 Å². The van der Waals surface area contributed by atoms with Crippen LogP contribution in [0.1, 0.15) is 79.5 Å². The van der Waals surface area contributed by atoms with Crippen LogP contribution >= 0.6 is 0 Å². The molecule has 2 heterocycles. The van der Waals surface area contributed by atoms with Crippen LogP contribution in [-0.4, -0.2) is 17.4 Å². The maximum atomic E-state index is 13.3. The number of hydrogen-bond donors (Lipinski definition) is 0. The van der Waals surface area contributed by atoms with E-state index in [4.69, 9.17) is 13.6 Å². The first-order valence-corrected chi connectivity index (χ1v) is 11.8. The summed E-state index contributed by atoms with van der Waals surface area (Å²) < 4.78 is 17.4. The lowest BCUT2D eigenvalue weighted by molar-refractivity contribution is 0.0704. The van der Waals surface area contributed by atoms with Crippen LogP contribution in [0.2, 0.25) is 0 Å². The summed E-state index contributed by atoms with van der Waals surface area (Å²) >= 11 is 0. The number of nitrogens with zero attached hydrogens (tertiary/aromatic N) is 1. The number of rotatable bonds is 12. The lowest BCUT2D eigenvalue weighted by Crippen LogP contribution is -2.29. The van der Waals surface area contributed by atoms with Gasteiger partial charge in [0, 0.05) is 11.5 Å². The second-order valence-electron chi connectivity index (χ2n) is 8.80. The third-order valence-electron chi connectivity index (χ3n) is 6.09. The third-order valence-corrected chi connectivity index (χ3v) is 6.09. The van der Waals surface area contributed by atoms with Crippen molar-refractivity contribution in [2.45, 2.75) is 65.0 Å². The van der Waals surface area contributed by atoms with Crippen LogP contribution in [0.3, 0.4) is 0 Å². The Morgan fingerprint density at radius 1 is 1.03 bits per heavy atom. The van der Waals surface area contributed by atoms with Crippen molar-refractivity contribution in [2.24, 2.45) is 5.92 Å². The molecule has 0 spiro atoms. The van der Waals surface area contributed by atoms with E-state index in [-0.39, 0.29) is 5.91 Å². The van der Waals surface area contributed by atoms with Crippen LogP contribution in [0.15, 0.2) is 63.6 Å². The molecule has 5 heteroatoms. The van der Waals surface area contributed by atoms with Crippen LogP contribution in [0, 0.1) is 5.92 Å². The van der Waals surface area contributed by atoms with E-state index in [2.05, 4.69) is 13.8 Å². The van der Waals surface area contributed by atoms with Crippen LogP contribution in [0.5, 0.6) is 5.75 Å². The molecular formula is C27H33NO4. The Morgan fingerprint density at radius 2 is 1.81 bits per heavy atom. The number of unbranched alkanes of at least 4 members (excludes halogenated alkanes) is 3. The molecule has 2 atom stereocenters. The summed E-state index contributed by atoms with van der Waals surface area (Å²) in [6.45, 7) is 5.92. The zero-order chi connectivity index (χ0) is 22.3. The van der Waals surface area contributed by atoms with Gasteiger partial charge in [-0.2, -0.15) is 0 Å². The molecule has 2 aromatic heterocycles. The van der Waals surface area contributed by atoms with Gasteiger partial charge < -0.3 is 18.5 Å². The van der Waals surface area contributed by atoms with Gasteiger partial charge in [0.25, 0.3) is 5.91 Å². The zero-order valence-corrected chi connectivity index (χ0v) is 19.1. The SMILES string of the molecule is CCCCCCOc1ccc(C(=O)N(Cc2ccco2)Cc2ccc(C3CC3C)o2)cc1. The smallest absolute Gasteiger partial charge is 0.254 e. The Bertz CT molecular complexity index is 974. The standard InChI is InChI=1S/C27H33NO4/c1-3-4-5-6-15-30-22-11-9-21(10-12-22)27(29)28(18-23-8-7-16-31-23)19-24-13-14-26(32-24)25-17-20(25)2/h7-14,16,20,25H,3-6,15,17-19H2,1-2H3. The molecule has 3 aromatic rings. The van der Waals surface area contributed by atoms with Gasteiger partial charge >= 0.3 is 0 Å². The average molecular weight is 436 g/mol. The summed E-state index contributed by atoms with van der Waals surface area (Å²) in [5, 5.41) is 0. The van der Waals surface area contributed by atoms with E-state index in [0.717, 1.165) is 29.5 Å². The van der Waals surface area contributed by atoms with Crippen LogP contribution in [0.4, 0.5) is 0 Å². The summed E-state index contributed by atoms with van der Waals surface area (Å²) in [6, 6.07) is 15.2. The normalized spacial score (nSPS) is 17.3. The van der Waals surface area contributed by atoms with Crippen molar-refractivity contribution in [3.05, 3.63) is 77.6 Å². The van der Waals surface area contributed by atoms with Crippen LogP contribution in [-0.2, 0) is 13.1 Å². The van der Waals surface area contributed by atoms with E-state index in [1.54, 1.807) is 11.2 Å². The maximum absolute atomic E-state index is 13.3. The van der Waals surface area contributed by atoms with Crippen molar-refractivity contribution in [1.29, 1.82) is 0 Å². The number of ether oxygens (including phenoxy) is 1. The van der Waals surface area contributed by atoms with Gasteiger partial charge in [0.05, 0.1) is 26.0 Å². The number of carbonyl (C=O) groups excluding carboxylic acids is 1. The molecular weight excluding hydrogens is 402 g/mol. The molecule has 5 nitrogen and oxygen atoms in total. The molecule has 0 saturated heterocycles. The second kappa shape index (κ2) is 10.6. The highest BCUT2D eigenvalue weighted by molar-refractivity contribution is 5.94.